The first-order chi connectivity index (χ1) is 5.70. The van der Waals surface area contributed by atoms with Gasteiger partial charge < -0.3 is 4.90 Å². The van der Waals surface area contributed by atoms with Crippen LogP contribution in [0.1, 0.15) is 6.92 Å². The lowest BCUT2D eigenvalue weighted by Crippen LogP contribution is -2.26. The van der Waals surface area contributed by atoms with E-state index in [0.29, 0.717) is 13.1 Å². The van der Waals surface area contributed by atoms with Crippen molar-refractivity contribution in [1.82, 2.24) is 4.90 Å². The third-order valence-corrected chi connectivity index (χ3v) is 1.45. The Bertz CT molecular complexity index is 200. The van der Waals surface area contributed by atoms with Gasteiger partial charge in [0.2, 0.25) is 0 Å². The van der Waals surface area contributed by atoms with E-state index in [1.54, 1.807) is 0 Å². The molecule has 66 valence electrons. The van der Waals surface area contributed by atoms with E-state index in [-0.39, 0.29) is 5.92 Å². The molecular weight excluding hydrogens is 154 g/mol. The van der Waals surface area contributed by atoms with Gasteiger partial charge in [-0.25, -0.2) is 0 Å². The molecule has 0 N–H and O–H groups in total. The number of hydrogen-bond donors (Lipinski definition) is 0. The van der Waals surface area contributed by atoms with Gasteiger partial charge in [0.15, 0.2) is 0 Å². The van der Waals surface area contributed by atoms with Crippen molar-refractivity contribution < 1.29 is 0 Å². The lowest BCUT2D eigenvalue weighted by atomic mass is 10.2. The summed E-state index contributed by atoms with van der Waals surface area (Å²) in [6.07, 6.45) is 0. The zero-order valence-corrected chi connectivity index (χ0v) is 7.43. The molecule has 0 saturated heterocycles. The average Bonchev–Trinajstić information content (AvgIpc) is 2.05. The normalized spacial score (nSPS) is 11.8. The minimum absolute atomic E-state index is 0.0288. The quantitative estimate of drug-likeness (QED) is 0.352. The SMILES string of the molecule is CC(C#N)CN(C)CCN=[N+]=[N-]. The number of nitriles is 1. The molecule has 0 fully saturated rings. The highest BCUT2D eigenvalue weighted by atomic mass is 15.2. The predicted molar refractivity (Wildman–Crippen MR) is 46.3 cm³/mol. The first-order valence-electron chi connectivity index (χ1n) is 3.79. The van der Waals surface area contributed by atoms with Crippen LogP contribution in [0.3, 0.4) is 0 Å². The lowest BCUT2D eigenvalue weighted by molar-refractivity contribution is 0.319. The predicted octanol–water partition coefficient (Wildman–Crippen LogP) is 1.39. The van der Waals surface area contributed by atoms with Gasteiger partial charge in [-0.15, -0.1) is 0 Å². The molecule has 5 heteroatoms. The second kappa shape index (κ2) is 6.47. The lowest BCUT2D eigenvalue weighted by Gasteiger charge is -2.15. The zero-order chi connectivity index (χ0) is 9.40. The Kier molecular flexibility index (Phi) is 5.80. The van der Waals surface area contributed by atoms with Gasteiger partial charge >= 0.3 is 0 Å². The molecule has 0 aromatic heterocycles. The minimum atomic E-state index is 0.0288. The first kappa shape index (κ1) is 10.8. The molecule has 0 aromatic rings. The van der Waals surface area contributed by atoms with Crippen molar-refractivity contribution in [2.75, 3.05) is 26.7 Å². The average molecular weight is 167 g/mol. The number of hydrogen-bond acceptors (Lipinski definition) is 3. The zero-order valence-electron chi connectivity index (χ0n) is 7.43. The van der Waals surface area contributed by atoms with E-state index in [1.807, 2.05) is 18.9 Å². The number of rotatable bonds is 5. The number of azide groups is 1. The molecule has 0 spiro atoms. The number of nitrogens with zero attached hydrogens (tertiary/aromatic N) is 5. The molecule has 0 rings (SSSR count). The molecule has 0 saturated carbocycles. The van der Waals surface area contributed by atoms with Gasteiger partial charge in [-0.05, 0) is 19.5 Å². The van der Waals surface area contributed by atoms with Gasteiger partial charge in [-0.1, -0.05) is 5.11 Å². The Morgan fingerprint density at radius 1 is 1.75 bits per heavy atom. The summed E-state index contributed by atoms with van der Waals surface area (Å²) in [5, 5.41) is 11.9. The van der Waals surface area contributed by atoms with Gasteiger partial charge in [0.25, 0.3) is 0 Å². The Labute approximate surface area is 72.2 Å². The molecule has 0 aliphatic rings. The summed E-state index contributed by atoms with van der Waals surface area (Å²) < 4.78 is 0. The summed E-state index contributed by atoms with van der Waals surface area (Å²) in [5.41, 5.74) is 7.99. The van der Waals surface area contributed by atoms with Crippen molar-refractivity contribution in [2.24, 2.45) is 11.0 Å². The fraction of sp³-hybridized carbons (Fsp3) is 0.857. The molecule has 0 aliphatic carbocycles. The Morgan fingerprint density at radius 3 is 2.92 bits per heavy atom. The van der Waals surface area contributed by atoms with Crippen LogP contribution in [0, 0.1) is 17.2 Å². The van der Waals surface area contributed by atoms with Crippen LogP contribution in [0.5, 0.6) is 0 Å². The van der Waals surface area contributed by atoms with E-state index in [2.05, 4.69) is 16.1 Å². The first-order valence-corrected chi connectivity index (χ1v) is 3.79. The van der Waals surface area contributed by atoms with E-state index < -0.39 is 0 Å². The Morgan fingerprint density at radius 2 is 2.42 bits per heavy atom. The van der Waals surface area contributed by atoms with Gasteiger partial charge in [0, 0.05) is 24.5 Å². The summed E-state index contributed by atoms with van der Waals surface area (Å²) >= 11 is 0. The standard InChI is InChI=1S/C7H13N5/c1-7(5-8)6-12(2)4-3-10-11-9/h7H,3-4,6H2,1-2H3. The van der Waals surface area contributed by atoms with Gasteiger partial charge in [-0.3, -0.25) is 0 Å². The molecule has 0 radical (unpaired) electrons. The number of likely N-dealkylation sites (N-methyl/N-ethyl adjacent to an activating group) is 1. The van der Waals surface area contributed by atoms with Gasteiger partial charge in [0.05, 0.1) is 12.0 Å². The maximum atomic E-state index is 8.50. The largest absolute Gasteiger partial charge is 0.305 e. The highest BCUT2D eigenvalue weighted by Gasteiger charge is 2.03. The van der Waals surface area contributed by atoms with E-state index in [1.165, 1.54) is 0 Å². The molecule has 1 atom stereocenters. The van der Waals surface area contributed by atoms with Crippen molar-refractivity contribution in [3.8, 4) is 6.07 Å². The van der Waals surface area contributed by atoms with E-state index in [9.17, 15) is 0 Å². The van der Waals surface area contributed by atoms with Gasteiger partial charge in [0.1, 0.15) is 0 Å². The van der Waals surface area contributed by atoms with Crippen molar-refractivity contribution in [1.29, 1.82) is 5.26 Å². The summed E-state index contributed by atoms with van der Waals surface area (Å²) in [6.45, 7) is 3.75. The Balaban J connectivity index is 3.53. The highest BCUT2D eigenvalue weighted by Crippen LogP contribution is 1.94. The molecule has 0 aromatic carbocycles. The summed E-state index contributed by atoms with van der Waals surface area (Å²) in [4.78, 5) is 4.62. The van der Waals surface area contributed by atoms with Crippen LogP contribution in [0.15, 0.2) is 5.11 Å². The van der Waals surface area contributed by atoms with Crippen LogP contribution in [0.2, 0.25) is 0 Å². The topological polar surface area (TPSA) is 75.8 Å². The van der Waals surface area contributed by atoms with Crippen LogP contribution >= 0.6 is 0 Å². The van der Waals surface area contributed by atoms with E-state index >= 15 is 0 Å². The maximum Gasteiger partial charge on any atom is 0.0666 e. The van der Waals surface area contributed by atoms with Crippen molar-refractivity contribution in [2.45, 2.75) is 6.92 Å². The third kappa shape index (κ3) is 5.54. The summed E-state index contributed by atoms with van der Waals surface area (Å²) in [5.74, 6) is 0.0288. The van der Waals surface area contributed by atoms with Crippen molar-refractivity contribution >= 4 is 0 Å². The van der Waals surface area contributed by atoms with Crippen molar-refractivity contribution in [3.05, 3.63) is 10.4 Å². The molecule has 0 aliphatic heterocycles. The van der Waals surface area contributed by atoms with E-state index in [4.69, 9.17) is 10.8 Å². The van der Waals surface area contributed by atoms with Crippen LogP contribution in [0.25, 0.3) is 10.4 Å². The molecule has 0 heterocycles. The minimum Gasteiger partial charge on any atom is -0.305 e. The molecule has 12 heavy (non-hydrogen) atoms. The van der Waals surface area contributed by atoms with Crippen LogP contribution in [-0.2, 0) is 0 Å². The Hall–Kier alpha value is -1.24. The molecular formula is C7H13N5. The monoisotopic (exact) mass is 167 g/mol. The highest BCUT2D eigenvalue weighted by molar-refractivity contribution is 4.80. The maximum absolute atomic E-state index is 8.50. The van der Waals surface area contributed by atoms with Crippen LogP contribution in [-0.4, -0.2) is 31.6 Å². The molecule has 0 amide bonds. The third-order valence-electron chi connectivity index (χ3n) is 1.45. The molecule has 1 unspecified atom stereocenters. The fourth-order valence-corrected chi connectivity index (χ4v) is 0.860. The second-order valence-electron chi connectivity index (χ2n) is 2.75. The van der Waals surface area contributed by atoms with Gasteiger partial charge in [-0.2, -0.15) is 5.26 Å². The molecule has 0 bridgehead atoms. The molecule has 5 nitrogen and oxygen atoms in total. The summed E-state index contributed by atoms with van der Waals surface area (Å²) in [6, 6.07) is 2.14. The smallest absolute Gasteiger partial charge is 0.0666 e. The summed E-state index contributed by atoms with van der Waals surface area (Å²) in [7, 11) is 1.90. The fourth-order valence-electron chi connectivity index (χ4n) is 0.860. The van der Waals surface area contributed by atoms with Crippen LogP contribution < -0.4 is 0 Å². The van der Waals surface area contributed by atoms with Crippen LogP contribution in [0.4, 0.5) is 0 Å². The second-order valence-corrected chi connectivity index (χ2v) is 2.75. The van der Waals surface area contributed by atoms with Crippen molar-refractivity contribution in [3.63, 3.8) is 0 Å². The van der Waals surface area contributed by atoms with E-state index in [0.717, 1.165) is 6.54 Å².